The molecule has 0 aromatic rings. The van der Waals surface area contributed by atoms with E-state index in [2.05, 4.69) is 4.74 Å². The summed E-state index contributed by atoms with van der Waals surface area (Å²) in [7, 11) is 1.24. The maximum atomic E-state index is 11.6. The van der Waals surface area contributed by atoms with Gasteiger partial charge >= 0.3 is 11.9 Å². The van der Waals surface area contributed by atoms with Gasteiger partial charge in [0.1, 0.15) is 5.76 Å². The van der Waals surface area contributed by atoms with E-state index in [0.29, 0.717) is 11.3 Å². The highest BCUT2D eigenvalue weighted by Crippen LogP contribution is 2.29. The monoisotopic (exact) mass is 232 g/mol. The fourth-order valence-electron chi connectivity index (χ4n) is 1.65. The van der Waals surface area contributed by atoms with Gasteiger partial charge in [-0.2, -0.15) is 0 Å². The lowest BCUT2D eigenvalue weighted by molar-refractivity contribution is -0.141. The minimum atomic E-state index is -0.671. The van der Waals surface area contributed by atoms with Crippen molar-refractivity contribution in [3.63, 3.8) is 0 Å². The van der Waals surface area contributed by atoms with Crippen molar-refractivity contribution in [1.29, 1.82) is 0 Å². The molecule has 4 heteroatoms. The molecule has 17 heavy (non-hydrogen) atoms. The molecule has 0 aromatic heterocycles. The van der Waals surface area contributed by atoms with E-state index in [1.807, 2.05) is 19.1 Å². The Kier molecular flexibility index (Phi) is 2.95. The van der Waals surface area contributed by atoms with Crippen LogP contribution in [0.4, 0.5) is 0 Å². The average molecular weight is 232 g/mol. The lowest BCUT2D eigenvalue weighted by atomic mass is 10.0. The molecule has 1 unspecified atom stereocenters. The van der Waals surface area contributed by atoms with Gasteiger partial charge in [0, 0.05) is 5.57 Å². The van der Waals surface area contributed by atoms with Crippen molar-refractivity contribution < 1.29 is 19.1 Å². The molecule has 1 aliphatic heterocycles. The molecule has 0 bridgehead atoms. The van der Waals surface area contributed by atoms with E-state index in [9.17, 15) is 9.59 Å². The van der Waals surface area contributed by atoms with Crippen LogP contribution in [-0.2, 0) is 19.1 Å². The Hall–Kier alpha value is -2.10. The van der Waals surface area contributed by atoms with Crippen molar-refractivity contribution in [3.05, 3.63) is 47.3 Å². The normalized spacial score (nSPS) is 29.4. The van der Waals surface area contributed by atoms with Crippen molar-refractivity contribution in [1.82, 2.24) is 0 Å². The van der Waals surface area contributed by atoms with Crippen LogP contribution in [0.25, 0.3) is 0 Å². The van der Waals surface area contributed by atoms with E-state index in [-0.39, 0.29) is 11.5 Å². The molecule has 1 atom stereocenters. The minimum absolute atomic E-state index is 0.0440. The van der Waals surface area contributed by atoms with Crippen LogP contribution in [0.15, 0.2) is 47.3 Å². The van der Waals surface area contributed by atoms with E-state index in [1.165, 1.54) is 7.11 Å². The number of rotatable bonds is 1. The summed E-state index contributed by atoms with van der Waals surface area (Å²) in [6.45, 7) is 2.00. The van der Waals surface area contributed by atoms with Crippen LogP contribution in [0.1, 0.15) is 6.92 Å². The number of fused-ring (bicyclic) bond motifs is 1. The highest BCUT2D eigenvalue weighted by Gasteiger charge is 2.34. The number of methoxy groups -OCH3 is 1. The summed E-state index contributed by atoms with van der Waals surface area (Å²) in [5, 5.41) is 0. The highest BCUT2D eigenvalue weighted by molar-refractivity contribution is 6.18. The second-order valence-corrected chi connectivity index (χ2v) is 3.80. The van der Waals surface area contributed by atoms with Crippen molar-refractivity contribution >= 4 is 11.9 Å². The number of carbonyl (C=O) groups excluding carboxylic acids is 2. The fraction of sp³-hybridized carbons (Fsp3) is 0.231. The molecule has 4 nitrogen and oxygen atoms in total. The quantitative estimate of drug-likeness (QED) is 0.509. The molecule has 2 rings (SSSR count). The number of hydrogen-bond donors (Lipinski definition) is 0. The Morgan fingerprint density at radius 2 is 2.18 bits per heavy atom. The zero-order valence-electron chi connectivity index (χ0n) is 9.60. The van der Waals surface area contributed by atoms with E-state index in [4.69, 9.17) is 4.74 Å². The predicted molar refractivity (Wildman–Crippen MR) is 60.7 cm³/mol. The number of esters is 2. The zero-order chi connectivity index (χ0) is 12.4. The third-order valence-corrected chi connectivity index (χ3v) is 2.56. The molecule has 0 aromatic carbocycles. The molecule has 88 valence electrons. The second kappa shape index (κ2) is 4.41. The van der Waals surface area contributed by atoms with Gasteiger partial charge in [-0.15, -0.1) is 0 Å². The number of hydrogen-bond acceptors (Lipinski definition) is 4. The summed E-state index contributed by atoms with van der Waals surface area (Å²) in [5.41, 5.74) is 0.440. The van der Waals surface area contributed by atoms with Crippen molar-refractivity contribution in [3.8, 4) is 0 Å². The fourth-order valence-corrected chi connectivity index (χ4v) is 1.65. The molecular formula is C13H12O4. The summed E-state index contributed by atoms with van der Waals surface area (Å²) < 4.78 is 9.59. The Morgan fingerprint density at radius 3 is 2.88 bits per heavy atom. The van der Waals surface area contributed by atoms with Gasteiger partial charge in [0.15, 0.2) is 5.57 Å². The van der Waals surface area contributed by atoms with Crippen LogP contribution >= 0.6 is 0 Å². The molecule has 0 fully saturated rings. The van der Waals surface area contributed by atoms with Crippen LogP contribution in [0, 0.1) is 5.92 Å². The van der Waals surface area contributed by atoms with Crippen LogP contribution < -0.4 is 0 Å². The van der Waals surface area contributed by atoms with Crippen LogP contribution in [-0.4, -0.2) is 19.0 Å². The molecule has 1 heterocycles. The van der Waals surface area contributed by atoms with E-state index in [0.717, 1.165) is 0 Å². The van der Waals surface area contributed by atoms with E-state index < -0.39 is 11.9 Å². The molecule has 0 spiro atoms. The standard InChI is InChI=1S/C13H12O4/c1-8-4-3-5-10-9(7-6-8)11(12(14)16-2)13(15)17-10/h3-8H,1-2H3/b4-3-,7-6-,10-5+. The van der Waals surface area contributed by atoms with Crippen LogP contribution in [0.2, 0.25) is 0 Å². The number of carbonyl (C=O) groups is 2. The second-order valence-electron chi connectivity index (χ2n) is 3.80. The first-order valence-electron chi connectivity index (χ1n) is 5.25. The van der Waals surface area contributed by atoms with Crippen molar-refractivity contribution in [2.24, 2.45) is 5.92 Å². The summed E-state index contributed by atoms with van der Waals surface area (Å²) in [6.07, 6.45) is 9.05. The van der Waals surface area contributed by atoms with Gasteiger partial charge in [0.2, 0.25) is 0 Å². The van der Waals surface area contributed by atoms with Gasteiger partial charge in [-0.1, -0.05) is 31.2 Å². The third kappa shape index (κ3) is 2.06. The van der Waals surface area contributed by atoms with Crippen LogP contribution in [0.3, 0.4) is 0 Å². The van der Waals surface area contributed by atoms with Gasteiger partial charge in [-0.25, -0.2) is 9.59 Å². The average Bonchev–Trinajstić information content (AvgIpc) is 2.59. The topological polar surface area (TPSA) is 52.6 Å². The molecule has 0 saturated heterocycles. The van der Waals surface area contributed by atoms with E-state index in [1.54, 1.807) is 18.2 Å². The summed E-state index contributed by atoms with van der Waals surface area (Å²) >= 11 is 0. The van der Waals surface area contributed by atoms with Gasteiger partial charge in [-0.05, 0) is 12.0 Å². The van der Waals surface area contributed by atoms with Crippen LogP contribution in [0.5, 0.6) is 0 Å². The minimum Gasteiger partial charge on any atom is -0.465 e. The molecule has 1 aliphatic carbocycles. The van der Waals surface area contributed by atoms with E-state index >= 15 is 0 Å². The van der Waals surface area contributed by atoms with Gasteiger partial charge in [-0.3, -0.25) is 0 Å². The number of allylic oxidation sites excluding steroid dienone is 5. The summed E-state index contributed by atoms with van der Waals surface area (Å²) in [6, 6.07) is 0. The lowest BCUT2D eigenvalue weighted by Crippen LogP contribution is -2.12. The van der Waals surface area contributed by atoms with Crippen molar-refractivity contribution in [2.75, 3.05) is 7.11 Å². The molecule has 0 N–H and O–H groups in total. The molecule has 0 amide bonds. The van der Waals surface area contributed by atoms with Crippen molar-refractivity contribution in [2.45, 2.75) is 6.92 Å². The Labute approximate surface area is 98.9 Å². The molecular weight excluding hydrogens is 220 g/mol. The largest absolute Gasteiger partial charge is 0.465 e. The summed E-state index contributed by atoms with van der Waals surface area (Å²) in [5.74, 6) is -0.717. The smallest absolute Gasteiger partial charge is 0.351 e. The Bertz CT molecular complexity index is 492. The number of ether oxygens (including phenoxy) is 2. The van der Waals surface area contributed by atoms with Gasteiger partial charge in [0.05, 0.1) is 7.11 Å². The lowest BCUT2D eigenvalue weighted by Gasteiger charge is -2.03. The van der Waals surface area contributed by atoms with Gasteiger partial charge in [0.25, 0.3) is 0 Å². The van der Waals surface area contributed by atoms with Gasteiger partial charge < -0.3 is 9.47 Å². The molecule has 0 saturated carbocycles. The molecule has 0 radical (unpaired) electrons. The highest BCUT2D eigenvalue weighted by atomic mass is 16.6. The first kappa shape index (κ1) is 11.4. The molecule has 2 aliphatic rings. The Morgan fingerprint density at radius 1 is 1.41 bits per heavy atom. The first-order valence-corrected chi connectivity index (χ1v) is 5.25. The maximum Gasteiger partial charge on any atom is 0.351 e. The maximum absolute atomic E-state index is 11.6. The Balaban J connectivity index is 2.54. The predicted octanol–water partition coefficient (Wildman–Crippen LogP) is 1.66. The third-order valence-electron chi connectivity index (χ3n) is 2.56. The summed E-state index contributed by atoms with van der Waals surface area (Å²) in [4.78, 5) is 23.1. The zero-order valence-corrected chi connectivity index (χ0v) is 9.60. The SMILES string of the molecule is COC(=O)C1=C2/C=C\C(C)/C=C\C=C/2OC1=O. The first-order chi connectivity index (χ1) is 8.13.